The van der Waals surface area contributed by atoms with E-state index in [1.54, 1.807) is 24.5 Å². The molecule has 2 amide bonds. The Hall–Kier alpha value is -2.03. The second-order valence-corrected chi connectivity index (χ2v) is 10.4. The number of hydrogen-bond donors (Lipinski definition) is 1. The van der Waals surface area contributed by atoms with Crippen LogP contribution in [0.3, 0.4) is 0 Å². The van der Waals surface area contributed by atoms with Gasteiger partial charge in [-0.2, -0.15) is 0 Å². The molecule has 3 aliphatic heterocycles. The summed E-state index contributed by atoms with van der Waals surface area (Å²) in [6.45, 7) is 5.09. The van der Waals surface area contributed by atoms with E-state index in [9.17, 15) is 9.59 Å². The minimum atomic E-state index is -0.378. The number of ether oxygens (including phenoxy) is 2. The first-order chi connectivity index (χ1) is 16.6. The number of nitrogens with one attached hydrogen (secondary N) is 1. The van der Waals surface area contributed by atoms with E-state index in [1.165, 1.54) is 6.42 Å². The van der Waals surface area contributed by atoms with E-state index in [0.29, 0.717) is 38.4 Å². The molecular formula is C26H38N4O4. The van der Waals surface area contributed by atoms with Gasteiger partial charge in [0.25, 0.3) is 5.91 Å². The second kappa shape index (κ2) is 10.3. The zero-order valence-electron chi connectivity index (χ0n) is 20.2. The number of likely N-dealkylation sites (tertiary alicyclic amines) is 1. The SMILES string of the molecule is O=C(c1ccncc1)N1CCC2(CCC(CNC(=O)C3(N4CCOCC4)CCCCC3)O2)CC1. The van der Waals surface area contributed by atoms with Gasteiger partial charge in [-0.25, -0.2) is 0 Å². The van der Waals surface area contributed by atoms with Crippen molar-refractivity contribution in [2.75, 3.05) is 45.9 Å². The van der Waals surface area contributed by atoms with Gasteiger partial charge in [-0.05, 0) is 50.7 Å². The van der Waals surface area contributed by atoms with Crippen LogP contribution in [0.1, 0.15) is 68.1 Å². The van der Waals surface area contributed by atoms with Crippen LogP contribution in [0.5, 0.6) is 0 Å². The number of rotatable bonds is 5. The van der Waals surface area contributed by atoms with Gasteiger partial charge in [0.2, 0.25) is 5.91 Å². The monoisotopic (exact) mass is 470 g/mol. The maximum absolute atomic E-state index is 13.5. The summed E-state index contributed by atoms with van der Waals surface area (Å²) in [6.07, 6.45) is 12.4. The highest BCUT2D eigenvalue weighted by molar-refractivity contribution is 5.94. The quantitative estimate of drug-likeness (QED) is 0.712. The molecule has 34 heavy (non-hydrogen) atoms. The number of nitrogens with zero attached hydrogens (tertiary/aromatic N) is 3. The van der Waals surface area contributed by atoms with Gasteiger partial charge in [-0.3, -0.25) is 19.5 Å². The highest BCUT2D eigenvalue weighted by Gasteiger charge is 2.46. The van der Waals surface area contributed by atoms with Crippen molar-refractivity contribution in [2.24, 2.45) is 0 Å². The van der Waals surface area contributed by atoms with E-state index in [0.717, 1.165) is 64.5 Å². The largest absolute Gasteiger partial charge is 0.379 e. The van der Waals surface area contributed by atoms with E-state index in [1.807, 2.05) is 4.90 Å². The molecule has 3 saturated heterocycles. The summed E-state index contributed by atoms with van der Waals surface area (Å²) in [5, 5.41) is 3.29. The molecule has 0 aromatic carbocycles. The van der Waals surface area contributed by atoms with Crippen LogP contribution < -0.4 is 5.32 Å². The molecule has 5 rings (SSSR count). The Morgan fingerprint density at radius 3 is 2.38 bits per heavy atom. The summed E-state index contributed by atoms with van der Waals surface area (Å²) < 4.78 is 12.1. The molecule has 1 spiro atoms. The molecule has 1 aliphatic carbocycles. The lowest BCUT2D eigenvalue weighted by atomic mass is 9.79. The molecule has 4 heterocycles. The van der Waals surface area contributed by atoms with Gasteiger partial charge in [-0.1, -0.05) is 19.3 Å². The first kappa shape index (κ1) is 23.7. The third kappa shape index (κ3) is 4.86. The molecule has 8 nitrogen and oxygen atoms in total. The van der Waals surface area contributed by atoms with Crippen molar-refractivity contribution in [3.05, 3.63) is 30.1 Å². The molecule has 0 bridgehead atoms. The summed E-state index contributed by atoms with van der Waals surface area (Å²) in [6, 6.07) is 3.54. The number of carbonyl (C=O) groups excluding carboxylic acids is 2. The predicted molar refractivity (Wildman–Crippen MR) is 127 cm³/mol. The molecule has 8 heteroatoms. The number of piperidine rings is 1. The Balaban J connectivity index is 1.13. The van der Waals surface area contributed by atoms with Crippen LogP contribution in [0.25, 0.3) is 0 Å². The molecular weight excluding hydrogens is 432 g/mol. The van der Waals surface area contributed by atoms with Crippen molar-refractivity contribution >= 4 is 11.8 Å². The summed E-state index contributed by atoms with van der Waals surface area (Å²) in [5.41, 5.74) is 0.157. The smallest absolute Gasteiger partial charge is 0.253 e. The number of morpholine rings is 1. The van der Waals surface area contributed by atoms with Crippen molar-refractivity contribution in [3.63, 3.8) is 0 Å². The van der Waals surface area contributed by atoms with Crippen molar-refractivity contribution in [1.82, 2.24) is 20.1 Å². The van der Waals surface area contributed by atoms with Crippen LogP contribution in [0.15, 0.2) is 24.5 Å². The van der Waals surface area contributed by atoms with Crippen LogP contribution in [0.2, 0.25) is 0 Å². The zero-order valence-corrected chi connectivity index (χ0v) is 20.2. The first-order valence-corrected chi connectivity index (χ1v) is 13.1. The van der Waals surface area contributed by atoms with Gasteiger partial charge in [0.1, 0.15) is 5.54 Å². The Morgan fingerprint density at radius 1 is 0.971 bits per heavy atom. The van der Waals surface area contributed by atoms with Crippen LogP contribution in [-0.2, 0) is 14.3 Å². The van der Waals surface area contributed by atoms with E-state index >= 15 is 0 Å². The maximum atomic E-state index is 13.5. The molecule has 186 valence electrons. The van der Waals surface area contributed by atoms with Gasteiger partial charge >= 0.3 is 0 Å². The Kier molecular flexibility index (Phi) is 7.18. The van der Waals surface area contributed by atoms with Crippen LogP contribution in [-0.4, -0.2) is 89.8 Å². The van der Waals surface area contributed by atoms with Gasteiger partial charge in [0.05, 0.1) is 24.9 Å². The lowest BCUT2D eigenvalue weighted by Crippen LogP contribution is -2.62. The standard InChI is InChI=1S/C26H38N4O4/c31-23(21-5-12-27-13-6-21)29-14-10-25(11-15-29)9-4-22(34-25)20-28-24(32)26(7-2-1-3-8-26)30-16-18-33-19-17-30/h5-6,12-13,22H,1-4,7-11,14-20H2,(H,28,32). The van der Waals surface area contributed by atoms with Crippen molar-refractivity contribution in [1.29, 1.82) is 0 Å². The minimum Gasteiger partial charge on any atom is -0.379 e. The van der Waals surface area contributed by atoms with Gasteiger partial charge in [0.15, 0.2) is 0 Å². The van der Waals surface area contributed by atoms with Crippen molar-refractivity contribution in [3.8, 4) is 0 Å². The maximum Gasteiger partial charge on any atom is 0.253 e. The van der Waals surface area contributed by atoms with E-state index < -0.39 is 0 Å². The molecule has 1 N–H and O–H groups in total. The molecule has 1 saturated carbocycles. The van der Waals surface area contributed by atoms with Crippen LogP contribution in [0.4, 0.5) is 0 Å². The third-order valence-electron chi connectivity index (χ3n) is 8.44. The fourth-order valence-electron chi connectivity index (χ4n) is 6.39. The highest BCUT2D eigenvalue weighted by atomic mass is 16.5. The molecule has 1 atom stereocenters. The van der Waals surface area contributed by atoms with E-state index in [2.05, 4.69) is 15.2 Å². The zero-order chi connectivity index (χ0) is 23.4. The van der Waals surface area contributed by atoms with Crippen LogP contribution >= 0.6 is 0 Å². The summed E-state index contributed by atoms with van der Waals surface area (Å²) in [4.78, 5) is 34.6. The fraction of sp³-hybridized carbons (Fsp3) is 0.731. The van der Waals surface area contributed by atoms with Crippen LogP contribution in [0, 0.1) is 0 Å². The first-order valence-electron chi connectivity index (χ1n) is 13.1. The van der Waals surface area contributed by atoms with Crippen molar-refractivity contribution in [2.45, 2.75) is 75.0 Å². The summed E-state index contributed by atoms with van der Waals surface area (Å²) >= 11 is 0. The lowest BCUT2D eigenvalue weighted by molar-refractivity contribution is -0.141. The van der Waals surface area contributed by atoms with E-state index in [-0.39, 0.29) is 29.1 Å². The van der Waals surface area contributed by atoms with Crippen molar-refractivity contribution < 1.29 is 19.1 Å². The number of hydrogen-bond acceptors (Lipinski definition) is 6. The average molecular weight is 471 g/mol. The molecule has 4 aliphatic rings. The molecule has 1 aromatic heterocycles. The molecule has 1 unspecified atom stereocenters. The number of carbonyl (C=O) groups is 2. The fourth-order valence-corrected chi connectivity index (χ4v) is 6.39. The second-order valence-electron chi connectivity index (χ2n) is 10.4. The number of amides is 2. The van der Waals surface area contributed by atoms with Gasteiger partial charge in [0, 0.05) is 50.7 Å². The van der Waals surface area contributed by atoms with Gasteiger partial charge < -0.3 is 19.7 Å². The average Bonchev–Trinajstić information content (AvgIpc) is 3.31. The lowest BCUT2D eigenvalue weighted by Gasteiger charge is -2.46. The Morgan fingerprint density at radius 2 is 1.68 bits per heavy atom. The highest BCUT2D eigenvalue weighted by Crippen LogP contribution is 2.39. The number of pyridine rings is 1. The topological polar surface area (TPSA) is 84.0 Å². The number of aromatic nitrogens is 1. The molecule has 4 fully saturated rings. The predicted octanol–water partition coefficient (Wildman–Crippen LogP) is 2.39. The third-order valence-corrected chi connectivity index (χ3v) is 8.44. The Labute approximate surface area is 202 Å². The normalized spacial score (nSPS) is 26.9. The molecule has 0 radical (unpaired) electrons. The molecule has 1 aromatic rings. The Bertz CT molecular complexity index is 844. The summed E-state index contributed by atoms with van der Waals surface area (Å²) in [5.74, 6) is 0.247. The minimum absolute atomic E-state index is 0.0525. The van der Waals surface area contributed by atoms with E-state index in [4.69, 9.17) is 9.47 Å². The summed E-state index contributed by atoms with van der Waals surface area (Å²) in [7, 11) is 0. The van der Waals surface area contributed by atoms with Gasteiger partial charge in [-0.15, -0.1) is 0 Å².